The summed E-state index contributed by atoms with van der Waals surface area (Å²) in [5.74, 6) is 1.04. The lowest BCUT2D eigenvalue weighted by molar-refractivity contribution is 1.17. The largest absolute Gasteiger partial charge is 0.260 e. The van der Waals surface area contributed by atoms with E-state index in [0.29, 0.717) is 4.38 Å². The molecule has 0 aromatic carbocycles. The van der Waals surface area contributed by atoms with Crippen molar-refractivity contribution in [3.05, 3.63) is 0 Å². The van der Waals surface area contributed by atoms with E-state index in [-0.39, 0.29) is 0 Å². The number of nitrogens with zero attached hydrogens (tertiary/aromatic N) is 2. The van der Waals surface area contributed by atoms with E-state index in [2.05, 4.69) is 35.2 Å². The molecule has 0 saturated heterocycles. The van der Waals surface area contributed by atoms with Crippen LogP contribution in [0.1, 0.15) is 0 Å². The topological polar surface area (TPSA) is 24.7 Å². The minimum atomic E-state index is 0.475. The highest BCUT2D eigenvalue weighted by atomic mass is 32.2. The first-order valence-electron chi connectivity index (χ1n) is 2.43. The Morgan fingerprint density at radius 2 is 2.44 bits per heavy atom. The molecule has 0 aliphatic carbocycles. The minimum absolute atomic E-state index is 0.475. The zero-order valence-corrected chi connectivity index (χ0v) is 7.22. The molecule has 9 heavy (non-hydrogen) atoms. The molecule has 0 unspecified atom stereocenters. The average molecular weight is 178 g/mol. The maximum Gasteiger partial charge on any atom is 0.184 e. The molecular formula is C4H6N2S3. The van der Waals surface area contributed by atoms with E-state index in [1.54, 1.807) is 11.8 Å². The highest BCUT2D eigenvalue weighted by Crippen LogP contribution is 2.13. The molecule has 1 aliphatic rings. The molecule has 0 bridgehead atoms. The third-order valence-electron chi connectivity index (χ3n) is 0.765. The van der Waals surface area contributed by atoms with Crippen LogP contribution in [0.3, 0.4) is 0 Å². The van der Waals surface area contributed by atoms with Gasteiger partial charge in [-0.1, -0.05) is 11.8 Å². The monoisotopic (exact) mass is 178 g/mol. The number of aliphatic imine (C=N–C) groups is 2. The number of hydrogen-bond acceptors (Lipinski definition) is 3. The third kappa shape index (κ3) is 2.64. The Morgan fingerprint density at radius 3 is 2.89 bits per heavy atom. The van der Waals surface area contributed by atoms with Gasteiger partial charge >= 0.3 is 0 Å². The van der Waals surface area contributed by atoms with Crippen LogP contribution in [0.25, 0.3) is 0 Å². The number of thioether (sulfide) groups is 1. The zero-order chi connectivity index (χ0) is 6.69. The van der Waals surface area contributed by atoms with Crippen LogP contribution in [-0.4, -0.2) is 21.8 Å². The Labute approximate surface area is 69.1 Å². The smallest absolute Gasteiger partial charge is 0.184 e. The van der Waals surface area contributed by atoms with Crippen molar-refractivity contribution in [2.75, 3.05) is 12.3 Å². The predicted octanol–water partition coefficient (Wildman–Crippen LogP) is 1.30. The third-order valence-corrected chi connectivity index (χ3v) is 1.83. The van der Waals surface area contributed by atoms with Crippen LogP contribution in [0.15, 0.2) is 9.98 Å². The van der Waals surface area contributed by atoms with Gasteiger partial charge in [0.15, 0.2) is 5.17 Å². The van der Waals surface area contributed by atoms with E-state index < -0.39 is 0 Å². The van der Waals surface area contributed by atoms with Crippen molar-refractivity contribution >= 4 is 46.6 Å². The van der Waals surface area contributed by atoms with Crippen molar-refractivity contribution in [2.24, 2.45) is 9.98 Å². The van der Waals surface area contributed by atoms with Crippen molar-refractivity contribution < 1.29 is 0 Å². The van der Waals surface area contributed by atoms with E-state index in [0.717, 1.165) is 17.5 Å². The van der Waals surface area contributed by atoms with Crippen LogP contribution in [0.5, 0.6) is 0 Å². The Kier molecular flexibility index (Phi) is 2.94. The highest BCUT2D eigenvalue weighted by molar-refractivity contribution is 8.23. The summed E-state index contributed by atoms with van der Waals surface area (Å²) in [6, 6.07) is 0. The molecule has 1 heterocycles. The van der Waals surface area contributed by atoms with Gasteiger partial charge in [-0.05, 0) is 0 Å². The summed E-state index contributed by atoms with van der Waals surface area (Å²) < 4.78 is 0.475. The predicted molar refractivity (Wildman–Crippen MR) is 50.2 cm³/mol. The van der Waals surface area contributed by atoms with Gasteiger partial charge in [0, 0.05) is 5.75 Å². The molecule has 0 saturated carbocycles. The Hall–Kier alpha value is 0.390. The molecule has 0 aromatic rings. The summed E-state index contributed by atoms with van der Waals surface area (Å²) in [6.07, 6.45) is 0. The summed E-state index contributed by atoms with van der Waals surface area (Å²) in [4.78, 5) is 8.00. The standard InChI is InChI=1S/C4H6N2S3/c7-4(8)6-3-5-1-2-9-3/h1-2H2,(H2,5,6,7,8). The molecule has 0 radical (unpaired) electrons. The second-order valence-corrected chi connectivity index (χ2v) is 3.69. The average Bonchev–Trinajstić information content (AvgIpc) is 2.15. The fraction of sp³-hybridized carbons (Fsp3) is 0.500. The van der Waals surface area contributed by atoms with Gasteiger partial charge in [0.05, 0.1) is 6.54 Å². The molecule has 50 valence electrons. The van der Waals surface area contributed by atoms with Gasteiger partial charge in [-0.15, -0.1) is 25.3 Å². The van der Waals surface area contributed by atoms with Crippen LogP contribution in [0.2, 0.25) is 0 Å². The number of hydrogen-bond donors (Lipinski definition) is 2. The SMILES string of the molecule is SC(S)=NC1=NCCS1. The highest BCUT2D eigenvalue weighted by Gasteiger charge is 2.03. The lowest BCUT2D eigenvalue weighted by Crippen LogP contribution is -1.82. The van der Waals surface area contributed by atoms with Crippen molar-refractivity contribution in [1.82, 2.24) is 0 Å². The summed E-state index contributed by atoms with van der Waals surface area (Å²) in [5.41, 5.74) is 0. The molecule has 0 atom stereocenters. The Bertz CT molecular complexity index is 159. The van der Waals surface area contributed by atoms with Crippen LogP contribution in [0, 0.1) is 0 Å². The van der Waals surface area contributed by atoms with E-state index in [4.69, 9.17) is 0 Å². The summed E-state index contributed by atoms with van der Waals surface area (Å²) in [6.45, 7) is 0.873. The Morgan fingerprint density at radius 1 is 1.67 bits per heavy atom. The van der Waals surface area contributed by atoms with Gasteiger partial charge in [0.2, 0.25) is 0 Å². The molecule has 0 aromatic heterocycles. The van der Waals surface area contributed by atoms with E-state index in [1.807, 2.05) is 0 Å². The Balaban J connectivity index is 2.53. The molecule has 0 spiro atoms. The molecule has 1 rings (SSSR count). The fourth-order valence-electron chi connectivity index (χ4n) is 0.477. The van der Waals surface area contributed by atoms with E-state index in [9.17, 15) is 0 Å². The first kappa shape index (κ1) is 7.50. The molecule has 2 nitrogen and oxygen atoms in total. The molecular weight excluding hydrogens is 172 g/mol. The van der Waals surface area contributed by atoms with Crippen molar-refractivity contribution in [1.29, 1.82) is 0 Å². The van der Waals surface area contributed by atoms with Gasteiger partial charge in [-0.3, -0.25) is 4.99 Å². The summed E-state index contributed by atoms with van der Waals surface area (Å²) in [7, 11) is 0. The van der Waals surface area contributed by atoms with Crippen molar-refractivity contribution in [2.45, 2.75) is 0 Å². The first-order valence-corrected chi connectivity index (χ1v) is 4.31. The van der Waals surface area contributed by atoms with Gasteiger partial charge in [-0.25, -0.2) is 4.99 Å². The zero-order valence-electron chi connectivity index (χ0n) is 4.61. The van der Waals surface area contributed by atoms with Crippen molar-refractivity contribution in [3.63, 3.8) is 0 Å². The van der Waals surface area contributed by atoms with Gasteiger partial charge in [0.1, 0.15) is 4.38 Å². The summed E-state index contributed by atoms with van der Waals surface area (Å²) >= 11 is 9.42. The maximum atomic E-state index is 4.07. The fourth-order valence-corrected chi connectivity index (χ4v) is 1.51. The quantitative estimate of drug-likeness (QED) is 0.326. The second-order valence-electron chi connectivity index (χ2n) is 1.42. The molecule has 0 fully saturated rings. The van der Waals surface area contributed by atoms with Gasteiger partial charge in [-0.2, -0.15) is 0 Å². The van der Waals surface area contributed by atoms with Gasteiger partial charge in [0.25, 0.3) is 0 Å². The lowest BCUT2D eigenvalue weighted by Gasteiger charge is -1.86. The first-order chi connectivity index (χ1) is 4.29. The van der Waals surface area contributed by atoms with Crippen LogP contribution >= 0.6 is 37.0 Å². The van der Waals surface area contributed by atoms with Crippen molar-refractivity contribution in [3.8, 4) is 0 Å². The minimum Gasteiger partial charge on any atom is -0.260 e. The van der Waals surface area contributed by atoms with Gasteiger partial charge < -0.3 is 0 Å². The second kappa shape index (κ2) is 3.53. The van der Waals surface area contributed by atoms with Crippen LogP contribution in [-0.2, 0) is 0 Å². The number of rotatable bonds is 0. The number of thiol groups is 2. The molecule has 0 amide bonds. The summed E-state index contributed by atoms with van der Waals surface area (Å²) in [5, 5.41) is 0.801. The maximum absolute atomic E-state index is 4.07. The van der Waals surface area contributed by atoms with E-state index in [1.165, 1.54) is 0 Å². The van der Waals surface area contributed by atoms with Crippen LogP contribution in [0.4, 0.5) is 0 Å². The lowest BCUT2D eigenvalue weighted by atomic mass is 10.8. The van der Waals surface area contributed by atoms with E-state index >= 15 is 0 Å². The molecule has 0 N–H and O–H groups in total. The van der Waals surface area contributed by atoms with Crippen LogP contribution < -0.4 is 0 Å². The molecule has 1 aliphatic heterocycles. The normalized spacial score (nSPS) is 17.3. The molecule has 5 heteroatoms. The number of amidine groups is 1.